The SMILES string of the molecule is NC(=O)c1sc(NCCOCC2CC2)cc1N. The molecule has 0 aromatic carbocycles. The van der Waals surface area contributed by atoms with Crippen LogP contribution in [0.2, 0.25) is 0 Å². The summed E-state index contributed by atoms with van der Waals surface area (Å²) in [6.45, 7) is 2.24. The number of ether oxygens (including phenoxy) is 1. The molecule has 1 aromatic rings. The van der Waals surface area contributed by atoms with E-state index < -0.39 is 5.91 Å². The van der Waals surface area contributed by atoms with Gasteiger partial charge in [0.05, 0.1) is 17.3 Å². The fraction of sp³-hybridized carbons (Fsp3) is 0.545. The minimum atomic E-state index is -0.481. The lowest BCUT2D eigenvalue weighted by Gasteiger charge is -2.04. The highest BCUT2D eigenvalue weighted by Gasteiger charge is 2.20. The van der Waals surface area contributed by atoms with Crippen LogP contribution in [0.4, 0.5) is 10.7 Å². The van der Waals surface area contributed by atoms with E-state index in [-0.39, 0.29) is 0 Å². The van der Waals surface area contributed by atoms with Crippen LogP contribution in [-0.2, 0) is 4.74 Å². The first-order valence-electron chi connectivity index (χ1n) is 5.67. The van der Waals surface area contributed by atoms with Crippen LogP contribution >= 0.6 is 11.3 Å². The smallest absolute Gasteiger partial charge is 0.260 e. The second-order valence-electron chi connectivity index (χ2n) is 4.20. The van der Waals surface area contributed by atoms with Gasteiger partial charge in [-0.05, 0) is 24.8 Å². The summed E-state index contributed by atoms with van der Waals surface area (Å²) in [6.07, 6.45) is 2.60. The van der Waals surface area contributed by atoms with E-state index in [4.69, 9.17) is 16.2 Å². The molecule has 1 amide bonds. The Morgan fingerprint density at radius 1 is 1.59 bits per heavy atom. The van der Waals surface area contributed by atoms with Gasteiger partial charge in [0, 0.05) is 13.2 Å². The predicted molar refractivity (Wildman–Crippen MR) is 69.3 cm³/mol. The van der Waals surface area contributed by atoms with E-state index in [1.54, 1.807) is 6.07 Å². The van der Waals surface area contributed by atoms with E-state index in [0.29, 0.717) is 23.7 Å². The quantitative estimate of drug-likeness (QED) is 0.640. The van der Waals surface area contributed by atoms with Crippen LogP contribution in [-0.4, -0.2) is 25.7 Å². The van der Waals surface area contributed by atoms with Gasteiger partial charge in [-0.15, -0.1) is 11.3 Å². The normalized spacial score (nSPS) is 14.8. The predicted octanol–water partition coefficient (Wildman–Crippen LogP) is 1.27. The zero-order valence-electron chi connectivity index (χ0n) is 9.57. The van der Waals surface area contributed by atoms with Crippen LogP contribution in [0.3, 0.4) is 0 Å². The molecule has 17 heavy (non-hydrogen) atoms. The monoisotopic (exact) mass is 255 g/mol. The number of anilines is 2. The number of nitrogens with one attached hydrogen (secondary N) is 1. The van der Waals surface area contributed by atoms with Crippen molar-refractivity contribution in [3.05, 3.63) is 10.9 Å². The van der Waals surface area contributed by atoms with Crippen molar-refractivity contribution in [1.82, 2.24) is 0 Å². The van der Waals surface area contributed by atoms with E-state index in [9.17, 15) is 4.79 Å². The maximum Gasteiger partial charge on any atom is 0.260 e. The summed E-state index contributed by atoms with van der Waals surface area (Å²) in [6, 6.07) is 1.73. The van der Waals surface area contributed by atoms with Crippen molar-refractivity contribution in [2.24, 2.45) is 11.7 Å². The van der Waals surface area contributed by atoms with E-state index in [2.05, 4.69) is 5.32 Å². The molecule has 2 rings (SSSR count). The molecule has 0 bridgehead atoms. The van der Waals surface area contributed by atoms with Gasteiger partial charge in [-0.3, -0.25) is 4.79 Å². The third-order valence-corrected chi connectivity index (χ3v) is 3.70. The van der Waals surface area contributed by atoms with Crippen molar-refractivity contribution in [2.45, 2.75) is 12.8 Å². The maximum atomic E-state index is 11.0. The van der Waals surface area contributed by atoms with Gasteiger partial charge in [0.15, 0.2) is 0 Å². The van der Waals surface area contributed by atoms with Gasteiger partial charge in [-0.2, -0.15) is 0 Å². The molecule has 0 spiro atoms. The Balaban J connectivity index is 1.70. The van der Waals surface area contributed by atoms with Crippen LogP contribution < -0.4 is 16.8 Å². The number of primary amides is 1. The van der Waals surface area contributed by atoms with E-state index >= 15 is 0 Å². The van der Waals surface area contributed by atoms with Crippen LogP contribution in [0.1, 0.15) is 22.5 Å². The lowest BCUT2D eigenvalue weighted by atomic mass is 10.4. The summed E-state index contributed by atoms with van der Waals surface area (Å²) in [7, 11) is 0. The first-order valence-corrected chi connectivity index (χ1v) is 6.49. The molecule has 5 N–H and O–H groups in total. The van der Waals surface area contributed by atoms with Crippen LogP contribution in [0.25, 0.3) is 0 Å². The molecule has 1 aliphatic carbocycles. The minimum absolute atomic E-state index is 0.409. The maximum absolute atomic E-state index is 11.0. The molecule has 6 heteroatoms. The number of hydrogen-bond donors (Lipinski definition) is 3. The lowest BCUT2D eigenvalue weighted by molar-refractivity contribution is 0.100. The molecule has 0 aliphatic heterocycles. The Labute approximate surface area is 104 Å². The van der Waals surface area contributed by atoms with Crippen LogP contribution in [0, 0.1) is 5.92 Å². The molecular formula is C11H17N3O2S. The molecule has 1 aromatic heterocycles. The van der Waals surface area contributed by atoms with Gasteiger partial charge in [0.2, 0.25) is 0 Å². The topological polar surface area (TPSA) is 90.4 Å². The third-order valence-electron chi connectivity index (χ3n) is 2.58. The summed E-state index contributed by atoms with van der Waals surface area (Å²) in [5.74, 6) is 0.305. The molecule has 94 valence electrons. The third kappa shape index (κ3) is 3.61. The number of carbonyl (C=O) groups excluding carboxylic acids is 1. The molecule has 1 saturated carbocycles. The van der Waals surface area contributed by atoms with Crippen molar-refractivity contribution < 1.29 is 9.53 Å². The van der Waals surface area contributed by atoms with Crippen molar-refractivity contribution >= 4 is 27.9 Å². The molecule has 1 heterocycles. The number of nitrogens with two attached hydrogens (primary N) is 2. The minimum Gasteiger partial charge on any atom is -0.397 e. The average molecular weight is 255 g/mol. The molecule has 0 unspecified atom stereocenters. The Hall–Kier alpha value is -1.27. The first-order chi connectivity index (χ1) is 8.16. The Bertz CT molecular complexity index is 401. The van der Waals surface area contributed by atoms with Crippen molar-refractivity contribution in [2.75, 3.05) is 30.8 Å². The number of nitrogen functional groups attached to an aromatic ring is 1. The van der Waals surface area contributed by atoms with E-state index in [1.807, 2.05) is 0 Å². The number of carbonyl (C=O) groups is 1. The van der Waals surface area contributed by atoms with Gasteiger partial charge in [0.1, 0.15) is 4.88 Å². The summed E-state index contributed by atoms with van der Waals surface area (Å²) in [4.78, 5) is 11.4. The standard InChI is InChI=1S/C11H17N3O2S/c12-8-5-9(17-10(8)11(13)15)14-3-4-16-6-7-1-2-7/h5,7,14H,1-4,6,12H2,(H2,13,15). The van der Waals surface area contributed by atoms with Crippen LogP contribution in [0.5, 0.6) is 0 Å². The Kier molecular flexibility index (Phi) is 3.86. The van der Waals surface area contributed by atoms with E-state index in [1.165, 1.54) is 24.2 Å². The highest BCUT2D eigenvalue weighted by molar-refractivity contribution is 7.18. The lowest BCUT2D eigenvalue weighted by Crippen LogP contribution is -2.10. The van der Waals surface area contributed by atoms with Gasteiger partial charge < -0.3 is 21.5 Å². The summed E-state index contributed by atoms with van der Waals surface area (Å²) in [5, 5.41) is 4.01. The van der Waals surface area contributed by atoms with E-state index in [0.717, 1.165) is 17.5 Å². The molecular weight excluding hydrogens is 238 g/mol. The summed E-state index contributed by atoms with van der Waals surface area (Å²) >= 11 is 1.28. The molecule has 1 fully saturated rings. The number of amides is 1. The summed E-state index contributed by atoms with van der Waals surface area (Å²) < 4.78 is 5.48. The zero-order valence-corrected chi connectivity index (χ0v) is 10.4. The fourth-order valence-electron chi connectivity index (χ4n) is 1.47. The van der Waals surface area contributed by atoms with Crippen molar-refractivity contribution in [3.63, 3.8) is 0 Å². The van der Waals surface area contributed by atoms with Crippen molar-refractivity contribution in [1.29, 1.82) is 0 Å². The second kappa shape index (κ2) is 5.37. The van der Waals surface area contributed by atoms with Crippen molar-refractivity contribution in [3.8, 4) is 0 Å². The highest BCUT2D eigenvalue weighted by atomic mass is 32.1. The van der Waals surface area contributed by atoms with Gasteiger partial charge in [-0.25, -0.2) is 0 Å². The second-order valence-corrected chi connectivity index (χ2v) is 5.26. The molecule has 0 radical (unpaired) electrons. The zero-order chi connectivity index (χ0) is 12.3. The summed E-state index contributed by atoms with van der Waals surface area (Å²) in [5.41, 5.74) is 11.3. The molecule has 0 atom stereocenters. The number of thiophene rings is 1. The van der Waals surface area contributed by atoms with Gasteiger partial charge >= 0.3 is 0 Å². The fourth-order valence-corrected chi connectivity index (χ4v) is 2.32. The number of rotatable bonds is 7. The average Bonchev–Trinajstić information content (AvgIpc) is 3.01. The Morgan fingerprint density at radius 2 is 2.35 bits per heavy atom. The molecule has 0 saturated heterocycles. The largest absolute Gasteiger partial charge is 0.397 e. The van der Waals surface area contributed by atoms with Gasteiger partial charge in [-0.1, -0.05) is 0 Å². The highest BCUT2D eigenvalue weighted by Crippen LogP contribution is 2.29. The first kappa shape index (κ1) is 12.2. The Morgan fingerprint density at radius 3 is 2.94 bits per heavy atom. The van der Waals surface area contributed by atoms with Crippen LogP contribution in [0.15, 0.2) is 6.07 Å². The van der Waals surface area contributed by atoms with Gasteiger partial charge in [0.25, 0.3) is 5.91 Å². The number of hydrogen-bond acceptors (Lipinski definition) is 5. The molecule has 1 aliphatic rings. The molecule has 5 nitrogen and oxygen atoms in total.